The van der Waals surface area contributed by atoms with E-state index >= 15 is 0 Å². The zero-order chi connectivity index (χ0) is 20.4. The fourth-order valence-corrected chi connectivity index (χ4v) is 4.62. The molecule has 150 valence electrons. The second-order valence-electron chi connectivity index (χ2n) is 8.14. The highest BCUT2D eigenvalue weighted by Gasteiger charge is 2.24. The second kappa shape index (κ2) is 8.44. The number of nitrogens with one attached hydrogen (secondary N) is 1. The summed E-state index contributed by atoms with van der Waals surface area (Å²) in [6, 6.07) is 10.3. The van der Waals surface area contributed by atoms with E-state index in [-0.39, 0.29) is 11.7 Å². The van der Waals surface area contributed by atoms with Crippen molar-refractivity contribution in [3.8, 4) is 11.3 Å². The summed E-state index contributed by atoms with van der Waals surface area (Å²) >= 11 is 0. The third-order valence-corrected chi connectivity index (χ3v) is 6.18. The van der Waals surface area contributed by atoms with Crippen LogP contribution in [-0.4, -0.2) is 20.8 Å². The highest BCUT2D eigenvalue weighted by molar-refractivity contribution is 6.34. The van der Waals surface area contributed by atoms with Crippen LogP contribution in [-0.2, 0) is 0 Å². The van der Waals surface area contributed by atoms with Crippen LogP contribution in [0.25, 0.3) is 22.3 Å². The van der Waals surface area contributed by atoms with Gasteiger partial charge in [0.15, 0.2) is 0 Å². The molecule has 1 amide bonds. The van der Waals surface area contributed by atoms with Crippen molar-refractivity contribution in [3.63, 3.8) is 0 Å². The number of rotatable bonds is 3. The molecule has 3 nitrogen and oxygen atoms in total. The van der Waals surface area contributed by atoms with Gasteiger partial charge in [0.1, 0.15) is 25.0 Å². The number of halogens is 1. The van der Waals surface area contributed by atoms with Gasteiger partial charge in [0, 0.05) is 18.0 Å². The lowest BCUT2D eigenvalue weighted by Gasteiger charge is -2.22. The molecule has 1 heterocycles. The second-order valence-corrected chi connectivity index (χ2v) is 8.14. The molecular formula is C24H27BFNO2. The van der Waals surface area contributed by atoms with Gasteiger partial charge in [-0.05, 0) is 55.2 Å². The van der Waals surface area contributed by atoms with Crippen LogP contribution in [0, 0.1) is 5.82 Å². The monoisotopic (exact) mass is 391 g/mol. The SMILES string of the molecule is Bc1cc2oc(-c3ccc(F)cc3)c(C(=O)NC)c2cc1C1CCCCCCC1. The molecule has 4 rings (SSSR count). The molecule has 1 N–H and O–H groups in total. The highest BCUT2D eigenvalue weighted by Crippen LogP contribution is 2.37. The molecule has 1 aliphatic carbocycles. The zero-order valence-corrected chi connectivity index (χ0v) is 17.2. The average molecular weight is 391 g/mol. The van der Waals surface area contributed by atoms with Gasteiger partial charge in [-0.25, -0.2) is 4.39 Å². The molecule has 1 saturated carbocycles. The predicted molar refractivity (Wildman–Crippen MR) is 118 cm³/mol. The number of fused-ring (bicyclic) bond motifs is 1. The molecular weight excluding hydrogens is 364 g/mol. The summed E-state index contributed by atoms with van der Waals surface area (Å²) in [5, 5.41) is 3.58. The van der Waals surface area contributed by atoms with E-state index in [1.165, 1.54) is 68.1 Å². The number of amides is 1. The third kappa shape index (κ3) is 3.96. The van der Waals surface area contributed by atoms with E-state index in [1.54, 1.807) is 19.2 Å². The molecule has 2 aromatic carbocycles. The van der Waals surface area contributed by atoms with Crippen LogP contribution >= 0.6 is 0 Å². The molecule has 0 unspecified atom stereocenters. The molecule has 1 aliphatic rings. The fraction of sp³-hybridized carbons (Fsp3) is 0.375. The van der Waals surface area contributed by atoms with Gasteiger partial charge in [0.05, 0.1) is 5.56 Å². The molecule has 0 bridgehead atoms. The van der Waals surface area contributed by atoms with Crippen LogP contribution < -0.4 is 10.8 Å². The molecule has 0 saturated heterocycles. The van der Waals surface area contributed by atoms with Gasteiger partial charge in [-0.15, -0.1) is 0 Å². The molecule has 1 aromatic heterocycles. The number of furan rings is 1. The summed E-state index contributed by atoms with van der Waals surface area (Å²) in [4.78, 5) is 12.8. The van der Waals surface area contributed by atoms with Gasteiger partial charge in [0.25, 0.3) is 5.91 Å². The summed E-state index contributed by atoms with van der Waals surface area (Å²) in [5.41, 5.74) is 4.48. The Labute approximate surface area is 172 Å². The summed E-state index contributed by atoms with van der Waals surface area (Å²) in [5.74, 6) is 0.527. The topological polar surface area (TPSA) is 42.2 Å². The quantitative estimate of drug-likeness (QED) is 0.659. The third-order valence-electron chi connectivity index (χ3n) is 6.18. The Balaban J connectivity index is 1.86. The standard InChI is InChI=1S/C24H27BFNO2/c1-27-24(28)22-19-13-18(15-7-5-3-2-4-6-8-15)20(25)14-21(19)29-23(22)16-9-11-17(26)12-10-16/h9-15H,2-8,25H2,1H3,(H,27,28). The van der Waals surface area contributed by atoms with E-state index in [2.05, 4.69) is 25.3 Å². The number of benzene rings is 2. The van der Waals surface area contributed by atoms with E-state index in [9.17, 15) is 9.18 Å². The van der Waals surface area contributed by atoms with E-state index in [4.69, 9.17) is 4.42 Å². The molecule has 3 aromatic rings. The number of hydrogen-bond acceptors (Lipinski definition) is 2. The Kier molecular flexibility index (Phi) is 5.75. The van der Waals surface area contributed by atoms with Crippen molar-refractivity contribution in [2.75, 3.05) is 7.05 Å². The minimum Gasteiger partial charge on any atom is -0.455 e. The molecule has 0 aliphatic heterocycles. The summed E-state index contributed by atoms with van der Waals surface area (Å²) < 4.78 is 19.5. The van der Waals surface area contributed by atoms with Gasteiger partial charge in [-0.1, -0.05) is 43.1 Å². The molecule has 5 heteroatoms. The average Bonchev–Trinajstić information content (AvgIpc) is 3.05. The van der Waals surface area contributed by atoms with Crippen molar-refractivity contribution in [2.45, 2.75) is 50.9 Å². The summed E-state index contributed by atoms with van der Waals surface area (Å²) in [6.07, 6.45) is 8.87. The van der Waals surface area contributed by atoms with Crippen molar-refractivity contribution in [1.82, 2.24) is 5.32 Å². The number of carbonyl (C=O) groups excluding carboxylic acids is 1. The van der Waals surface area contributed by atoms with Crippen molar-refractivity contribution >= 4 is 30.2 Å². The van der Waals surface area contributed by atoms with Crippen molar-refractivity contribution in [1.29, 1.82) is 0 Å². The molecule has 0 atom stereocenters. The van der Waals surface area contributed by atoms with Gasteiger partial charge < -0.3 is 9.73 Å². The van der Waals surface area contributed by atoms with Crippen LogP contribution in [0.2, 0.25) is 0 Å². The van der Waals surface area contributed by atoms with Gasteiger partial charge in [-0.3, -0.25) is 4.79 Å². The first-order valence-electron chi connectivity index (χ1n) is 10.6. The van der Waals surface area contributed by atoms with Crippen LogP contribution in [0.15, 0.2) is 40.8 Å². The fourth-order valence-electron chi connectivity index (χ4n) is 4.62. The van der Waals surface area contributed by atoms with Crippen LogP contribution in [0.5, 0.6) is 0 Å². The van der Waals surface area contributed by atoms with Gasteiger partial charge >= 0.3 is 0 Å². The Morgan fingerprint density at radius 1 is 1.07 bits per heavy atom. The van der Waals surface area contributed by atoms with E-state index in [1.807, 2.05) is 0 Å². The maximum atomic E-state index is 13.4. The first kappa shape index (κ1) is 19.7. The maximum Gasteiger partial charge on any atom is 0.255 e. The summed E-state index contributed by atoms with van der Waals surface area (Å²) in [6.45, 7) is 0. The maximum absolute atomic E-state index is 13.4. The molecule has 1 fully saturated rings. The van der Waals surface area contributed by atoms with Gasteiger partial charge in [0.2, 0.25) is 0 Å². The Hall–Kier alpha value is -2.56. The minimum absolute atomic E-state index is 0.185. The lowest BCUT2D eigenvalue weighted by Crippen LogP contribution is -2.19. The number of hydrogen-bond donors (Lipinski definition) is 1. The minimum atomic E-state index is -0.311. The predicted octanol–water partition coefficient (Wildman–Crippen LogP) is 4.68. The normalized spacial score (nSPS) is 15.8. The van der Waals surface area contributed by atoms with Crippen LogP contribution in [0.3, 0.4) is 0 Å². The first-order valence-corrected chi connectivity index (χ1v) is 10.6. The van der Waals surface area contributed by atoms with E-state index < -0.39 is 0 Å². The van der Waals surface area contributed by atoms with E-state index in [0.29, 0.717) is 28.4 Å². The van der Waals surface area contributed by atoms with Crippen molar-refractivity contribution in [2.24, 2.45) is 0 Å². The molecule has 0 radical (unpaired) electrons. The van der Waals surface area contributed by atoms with Crippen molar-refractivity contribution < 1.29 is 13.6 Å². The Morgan fingerprint density at radius 3 is 2.38 bits per heavy atom. The smallest absolute Gasteiger partial charge is 0.255 e. The summed E-state index contributed by atoms with van der Waals surface area (Å²) in [7, 11) is 3.76. The van der Waals surface area contributed by atoms with Crippen molar-refractivity contribution in [3.05, 3.63) is 53.3 Å². The first-order chi connectivity index (χ1) is 14.1. The lowest BCUT2D eigenvalue weighted by atomic mass is 9.78. The largest absolute Gasteiger partial charge is 0.455 e. The number of carbonyl (C=O) groups is 1. The van der Waals surface area contributed by atoms with Gasteiger partial charge in [-0.2, -0.15) is 0 Å². The lowest BCUT2D eigenvalue weighted by molar-refractivity contribution is 0.0964. The zero-order valence-electron chi connectivity index (χ0n) is 17.2. The van der Waals surface area contributed by atoms with E-state index in [0.717, 1.165) is 5.39 Å². The molecule has 29 heavy (non-hydrogen) atoms. The Bertz CT molecular complexity index is 1020. The highest BCUT2D eigenvalue weighted by atomic mass is 19.1. The van der Waals surface area contributed by atoms with Crippen LogP contribution in [0.4, 0.5) is 4.39 Å². The Morgan fingerprint density at radius 2 is 1.72 bits per heavy atom. The van der Waals surface area contributed by atoms with Crippen LogP contribution in [0.1, 0.15) is 66.8 Å². The molecule has 0 spiro atoms.